The Morgan fingerprint density at radius 2 is 1.63 bits per heavy atom. The highest BCUT2D eigenvalue weighted by molar-refractivity contribution is 6.39. The second kappa shape index (κ2) is 11.4. The zero-order chi connectivity index (χ0) is 25.6. The van der Waals surface area contributed by atoms with Crippen molar-refractivity contribution in [2.24, 2.45) is 0 Å². The molecular weight excluding hydrogens is 495 g/mol. The SMILES string of the molecule is CC(=O)N1CCC2(CC1)C(=O)NCN2c1ccccc1.O=C(O)CNC(=O)c1c(Cl)cccc1Cl. The highest BCUT2D eigenvalue weighted by Crippen LogP contribution is 2.36. The summed E-state index contributed by atoms with van der Waals surface area (Å²) in [4.78, 5) is 49.4. The van der Waals surface area contributed by atoms with E-state index in [0.717, 1.165) is 5.69 Å². The van der Waals surface area contributed by atoms with E-state index in [9.17, 15) is 19.2 Å². The summed E-state index contributed by atoms with van der Waals surface area (Å²) in [6, 6.07) is 14.6. The van der Waals surface area contributed by atoms with Crippen LogP contribution in [0.5, 0.6) is 0 Å². The molecular formula is C24H26Cl2N4O5. The number of para-hydroxylation sites is 1. The van der Waals surface area contributed by atoms with E-state index in [4.69, 9.17) is 28.3 Å². The van der Waals surface area contributed by atoms with Crippen molar-refractivity contribution in [1.82, 2.24) is 15.5 Å². The zero-order valence-corrected chi connectivity index (χ0v) is 20.6. The van der Waals surface area contributed by atoms with Gasteiger partial charge < -0.3 is 25.5 Å². The monoisotopic (exact) mass is 520 g/mol. The van der Waals surface area contributed by atoms with Crippen LogP contribution in [0.25, 0.3) is 0 Å². The maximum absolute atomic E-state index is 12.4. The predicted molar refractivity (Wildman–Crippen MR) is 133 cm³/mol. The van der Waals surface area contributed by atoms with Gasteiger partial charge in [0.15, 0.2) is 0 Å². The van der Waals surface area contributed by atoms with Crippen LogP contribution in [0.2, 0.25) is 10.0 Å². The lowest BCUT2D eigenvalue weighted by Gasteiger charge is -2.43. The second-order valence-electron chi connectivity index (χ2n) is 8.14. The topological polar surface area (TPSA) is 119 Å². The third kappa shape index (κ3) is 6.04. The van der Waals surface area contributed by atoms with Crippen molar-refractivity contribution in [2.45, 2.75) is 25.3 Å². The summed E-state index contributed by atoms with van der Waals surface area (Å²) < 4.78 is 0. The smallest absolute Gasteiger partial charge is 0.322 e. The Morgan fingerprint density at radius 1 is 1.03 bits per heavy atom. The number of carbonyl (C=O) groups excluding carboxylic acids is 3. The average molecular weight is 521 g/mol. The van der Waals surface area contributed by atoms with Crippen LogP contribution in [0.15, 0.2) is 48.5 Å². The molecule has 0 aromatic heterocycles. The highest BCUT2D eigenvalue weighted by atomic mass is 35.5. The molecule has 2 heterocycles. The van der Waals surface area contributed by atoms with E-state index >= 15 is 0 Å². The van der Waals surface area contributed by atoms with E-state index in [2.05, 4.69) is 15.5 Å². The quantitative estimate of drug-likeness (QED) is 0.570. The first-order valence-corrected chi connectivity index (χ1v) is 11.7. The third-order valence-corrected chi connectivity index (χ3v) is 6.66. The molecule has 35 heavy (non-hydrogen) atoms. The summed E-state index contributed by atoms with van der Waals surface area (Å²) in [5.74, 6) is -1.56. The third-order valence-electron chi connectivity index (χ3n) is 6.03. The molecule has 2 saturated heterocycles. The molecule has 0 aliphatic carbocycles. The minimum atomic E-state index is -1.13. The Balaban J connectivity index is 0.000000205. The lowest BCUT2D eigenvalue weighted by molar-refractivity contribution is -0.135. The Hall–Kier alpha value is -3.30. The predicted octanol–water partition coefficient (Wildman–Crippen LogP) is 2.77. The molecule has 11 heteroatoms. The van der Waals surface area contributed by atoms with E-state index in [-0.39, 0.29) is 27.4 Å². The van der Waals surface area contributed by atoms with E-state index < -0.39 is 24.0 Å². The minimum Gasteiger partial charge on any atom is -0.480 e. The molecule has 3 N–H and O–H groups in total. The highest BCUT2D eigenvalue weighted by Gasteiger charge is 2.50. The Labute approximate surface area is 213 Å². The van der Waals surface area contributed by atoms with E-state index in [1.807, 2.05) is 35.2 Å². The number of nitrogens with zero attached hydrogens (tertiary/aromatic N) is 2. The van der Waals surface area contributed by atoms with Gasteiger partial charge in [0.2, 0.25) is 11.8 Å². The summed E-state index contributed by atoms with van der Waals surface area (Å²) in [7, 11) is 0. The normalized spacial score (nSPS) is 16.3. The van der Waals surface area contributed by atoms with Gasteiger partial charge in [0.05, 0.1) is 22.3 Å². The van der Waals surface area contributed by atoms with Gasteiger partial charge in [0, 0.05) is 25.7 Å². The van der Waals surface area contributed by atoms with Gasteiger partial charge in [-0.3, -0.25) is 19.2 Å². The number of piperidine rings is 1. The lowest BCUT2D eigenvalue weighted by atomic mass is 9.85. The van der Waals surface area contributed by atoms with Gasteiger partial charge in [-0.15, -0.1) is 0 Å². The number of carbonyl (C=O) groups is 4. The molecule has 186 valence electrons. The van der Waals surface area contributed by atoms with Crippen LogP contribution in [-0.4, -0.2) is 65.5 Å². The van der Waals surface area contributed by atoms with Crippen molar-refractivity contribution in [3.63, 3.8) is 0 Å². The Kier molecular flexibility index (Phi) is 8.58. The maximum Gasteiger partial charge on any atom is 0.322 e. The number of rotatable bonds is 4. The first-order valence-electron chi connectivity index (χ1n) is 11.0. The largest absolute Gasteiger partial charge is 0.480 e. The summed E-state index contributed by atoms with van der Waals surface area (Å²) in [6.45, 7) is 2.95. The number of hydrogen-bond donors (Lipinski definition) is 3. The number of amides is 3. The van der Waals surface area contributed by atoms with E-state index in [1.54, 1.807) is 13.0 Å². The number of nitrogens with one attached hydrogen (secondary N) is 2. The fourth-order valence-corrected chi connectivity index (χ4v) is 4.75. The number of carboxylic acids is 1. The van der Waals surface area contributed by atoms with Gasteiger partial charge in [-0.05, 0) is 37.1 Å². The van der Waals surface area contributed by atoms with Gasteiger partial charge in [0.25, 0.3) is 5.91 Å². The fourth-order valence-electron chi connectivity index (χ4n) is 4.18. The van der Waals surface area contributed by atoms with Crippen LogP contribution in [0, 0.1) is 0 Å². The number of anilines is 1. The Morgan fingerprint density at radius 3 is 2.17 bits per heavy atom. The van der Waals surface area contributed by atoms with E-state index in [0.29, 0.717) is 32.6 Å². The van der Waals surface area contributed by atoms with Crippen molar-refractivity contribution in [3.8, 4) is 0 Å². The molecule has 4 rings (SSSR count). The van der Waals surface area contributed by atoms with Crippen molar-refractivity contribution in [2.75, 3.05) is 31.2 Å². The van der Waals surface area contributed by atoms with E-state index in [1.165, 1.54) is 12.1 Å². The van der Waals surface area contributed by atoms with Gasteiger partial charge in [-0.25, -0.2) is 0 Å². The van der Waals surface area contributed by atoms with Crippen molar-refractivity contribution < 1.29 is 24.3 Å². The lowest BCUT2D eigenvalue weighted by Crippen LogP contribution is -2.57. The molecule has 0 unspecified atom stereocenters. The molecule has 2 aromatic rings. The molecule has 1 spiro atoms. The zero-order valence-electron chi connectivity index (χ0n) is 19.1. The van der Waals surface area contributed by atoms with Crippen LogP contribution in [-0.2, 0) is 14.4 Å². The van der Waals surface area contributed by atoms with Gasteiger partial charge in [-0.2, -0.15) is 0 Å². The molecule has 2 fully saturated rings. The van der Waals surface area contributed by atoms with Crippen LogP contribution >= 0.6 is 23.2 Å². The first kappa shape index (κ1) is 26.3. The number of benzene rings is 2. The maximum atomic E-state index is 12.4. The summed E-state index contributed by atoms with van der Waals surface area (Å²) in [6.07, 6.45) is 1.38. The first-order chi connectivity index (χ1) is 16.7. The number of likely N-dealkylation sites (tertiary alicyclic amines) is 1. The van der Waals surface area contributed by atoms with Crippen LogP contribution in [0.4, 0.5) is 5.69 Å². The second-order valence-corrected chi connectivity index (χ2v) is 8.95. The fraction of sp³-hybridized carbons (Fsp3) is 0.333. The molecule has 0 radical (unpaired) electrons. The molecule has 0 saturated carbocycles. The van der Waals surface area contributed by atoms with Crippen molar-refractivity contribution >= 4 is 52.6 Å². The molecule has 2 aliphatic heterocycles. The van der Waals surface area contributed by atoms with Crippen LogP contribution in [0.1, 0.15) is 30.1 Å². The summed E-state index contributed by atoms with van der Waals surface area (Å²) in [5.41, 5.74) is 0.650. The Bertz CT molecular complexity index is 1080. The van der Waals surface area contributed by atoms with Gasteiger partial charge in [0.1, 0.15) is 12.1 Å². The van der Waals surface area contributed by atoms with Gasteiger partial charge in [-0.1, -0.05) is 47.5 Å². The molecule has 3 amide bonds. The molecule has 0 bridgehead atoms. The van der Waals surface area contributed by atoms with Gasteiger partial charge >= 0.3 is 5.97 Å². The van der Waals surface area contributed by atoms with Crippen molar-refractivity contribution in [3.05, 3.63) is 64.1 Å². The minimum absolute atomic E-state index is 0.0853. The van der Waals surface area contributed by atoms with Crippen molar-refractivity contribution in [1.29, 1.82) is 0 Å². The number of hydrogen-bond acceptors (Lipinski definition) is 5. The average Bonchev–Trinajstić information content (AvgIpc) is 3.14. The molecule has 0 atom stereocenters. The molecule has 2 aliphatic rings. The standard InChI is InChI=1S/C15H19N3O2.C9H7Cl2NO3/c1-12(19)17-9-7-15(8-10-17)14(20)16-11-18(15)13-5-3-2-4-6-13;10-5-2-1-3-6(11)8(5)9(15)12-4-7(13)14/h2-6H,7-11H2,1H3,(H,16,20);1-3H,4H2,(H,12,15)(H,13,14). The number of halogens is 2. The molecule has 2 aromatic carbocycles. The summed E-state index contributed by atoms with van der Waals surface area (Å²) in [5, 5.41) is 13.9. The number of aliphatic carboxylic acids is 1. The molecule has 9 nitrogen and oxygen atoms in total. The number of carboxylic acid groups (broad SMARTS) is 1. The summed E-state index contributed by atoms with van der Waals surface area (Å²) >= 11 is 11.5. The van der Waals surface area contributed by atoms with Crippen LogP contribution < -0.4 is 15.5 Å². The van der Waals surface area contributed by atoms with Crippen LogP contribution in [0.3, 0.4) is 0 Å².